The fourth-order valence-corrected chi connectivity index (χ4v) is 4.54. The molecule has 0 aliphatic rings. The van der Waals surface area contributed by atoms with E-state index in [-0.39, 0.29) is 44.5 Å². The SMILES string of the molecule is COC[C@H](C)Oc1c(F)cc(CC(=O)OC[C@H](C)c2ccc(O[B]O)cc2C)cc1CN(C)C(=O)OCc1ccccc1. The Morgan fingerprint density at radius 2 is 1.74 bits per heavy atom. The van der Waals surface area contributed by atoms with Crippen molar-refractivity contribution in [2.75, 3.05) is 27.4 Å². The van der Waals surface area contributed by atoms with E-state index in [1.807, 2.05) is 50.2 Å². The third-order valence-corrected chi connectivity index (χ3v) is 6.63. The molecule has 43 heavy (non-hydrogen) atoms. The molecular weight excluding hydrogens is 556 g/mol. The number of ether oxygens (including phenoxy) is 4. The summed E-state index contributed by atoms with van der Waals surface area (Å²) >= 11 is 0. The van der Waals surface area contributed by atoms with Crippen LogP contribution in [0.15, 0.2) is 60.7 Å². The second-order valence-electron chi connectivity index (χ2n) is 10.3. The average Bonchev–Trinajstić information content (AvgIpc) is 2.97. The number of halogens is 1. The summed E-state index contributed by atoms with van der Waals surface area (Å²) in [6.45, 7) is 5.98. The van der Waals surface area contributed by atoms with Crippen molar-refractivity contribution < 1.29 is 42.6 Å². The zero-order chi connectivity index (χ0) is 31.4. The van der Waals surface area contributed by atoms with Crippen molar-refractivity contribution in [3.63, 3.8) is 0 Å². The number of amides is 1. The van der Waals surface area contributed by atoms with Crippen LogP contribution in [0.1, 0.15) is 47.6 Å². The number of aryl methyl sites for hydroxylation is 1. The van der Waals surface area contributed by atoms with Crippen molar-refractivity contribution in [2.24, 2.45) is 0 Å². The van der Waals surface area contributed by atoms with Crippen LogP contribution in [0.25, 0.3) is 0 Å². The minimum absolute atomic E-state index is 0.0213. The second kappa shape index (κ2) is 16.5. The second-order valence-corrected chi connectivity index (χ2v) is 10.3. The topological polar surface area (TPSA) is 104 Å². The van der Waals surface area contributed by atoms with Crippen LogP contribution in [0, 0.1) is 12.7 Å². The van der Waals surface area contributed by atoms with Gasteiger partial charge in [-0.3, -0.25) is 4.79 Å². The van der Waals surface area contributed by atoms with Crippen LogP contribution in [0.4, 0.5) is 9.18 Å². The molecule has 1 N–H and O–H groups in total. The number of methoxy groups -OCH3 is 1. The zero-order valence-electron chi connectivity index (χ0n) is 25.2. The minimum atomic E-state index is -0.666. The number of esters is 1. The van der Waals surface area contributed by atoms with Gasteiger partial charge >= 0.3 is 19.7 Å². The Morgan fingerprint density at radius 1 is 1.00 bits per heavy atom. The van der Waals surface area contributed by atoms with Gasteiger partial charge in [0.1, 0.15) is 18.5 Å². The van der Waals surface area contributed by atoms with Crippen LogP contribution in [0.5, 0.6) is 11.5 Å². The molecule has 3 rings (SSSR count). The quantitative estimate of drug-likeness (QED) is 0.191. The highest BCUT2D eigenvalue weighted by Gasteiger charge is 2.21. The lowest BCUT2D eigenvalue weighted by atomic mass is 9.97. The summed E-state index contributed by atoms with van der Waals surface area (Å²) in [4.78, 5) is 26.8. The van der Waals surface area contributed by atoms with E-state index in [1.54, 1.807) is 32.2 Å². The number of nitrogens with zero attached hydrogens (tertiary/aromatic N) is 1. The highest BCUT2D eigenvalue weighted by atomic mass is 19.1. The number of hydrogen-bond acceptors (Lipinski definition) is 8. The Labute approximate surface area is 252 Å². The normalized spacial score (nSPS) is 12.2. The fourth-order valence-electron chi connectivity index (χ4n) is 4.54. The van der Waals surface area contributed by atoms with Gasteiger partial charge in [-0.1, -0.05) is 43.3 Å². The maximum atomic E-state index is 15.4. The lowest BCUT2D eigenvalue weighted by Gasteiger charge is -2.22. The summed E-state index contributed by atoms with van der Waals surface area (Å²) in [6.07, 6.45) is -1.23. The number of rotatable bonds is 15. The Bertz CT molecular complexity index is 1360. The lowest BCUT2D eigenvalue weighted by molar-refractivity contribution is -0.143. The predicted molar refractivity (Wildman–Crippen MR) is 159 cm³/mol. The molecule has 0 bridgehead atoms. The molecule has 0 heterocycles. The van der Waals surface area contributed by atoms with Gasteiger partial charge in [0.25, 0.3) is 0 Å². The Kier molecular flexibility index (Phi) is 12.8. The van der Waals surface area contributed by atoms with E-state index < -0.39 is 24.0 Å². The maximum Gasteiger partial charge on any atom is 0.569 e. The van der Waals surface area contributed by atoms with Crippen LogP contribution in [0.2, 0.25) is 0 Å². The van der Waals surface area contributed by atoms with Gasteiger partial charge in [-0.25, -0.2) is 9.18 Å². The van der Waals surface area contributed by atoms with Gasteiger partial charge in [0.15, 0.2) is 11.6 Å². The average molecular weight is 594 g/mol. The molecule has 0 fully saturated rings. The smallest absolute Gasteiger partial charge is 0.537 e. The Morgan fingerprint density at radius 3 is 2.42 bits per heavy atom. The van der Waals surface area contributed by atoms with Gasteiger partial charge < -0.3 is 33.5 Å². The van der Waals surface area contributed by atoms with Gasteiger partial charge in [0.05, 0.1) is 26.2 Å². The van der Waals surface area contributed by atoms with Crippen molar-refractivity contribution in [1.29, 1.82) is 0 Å². The van der Waals surface area contributed by atoms with Crippen molar-refractivity contribution in [3.8, 4) is 11.5 Å². The van der Waals surface area contributed by atoms with Gasteiger partial charge in [-0.05, 0) is 60.4 Å². The Balaban J connectivity index is 1.69. The van der Waals surface area contributed by atoms with E-state index in [9.17, 15) is 9.59 Å². The molecule has 1 radical (unpaired) electrons. The van der Waals surface area contributed by atoms with E-state index in [0.29, 0.717) is 24.6 Å². The first-order valence-electron chi connectivity index (χ1n) is 13.9. The number of benzene rings is 3. The van der Waals surface area contributed by atoms with Crippen molar-refractivity contribution in [3.05, 3.63) is 94.3 Å². The standard InChI is InChI=1S/C32H38BFNO8/c1-21-13-27(43-33-38)11-12-28(21)22(2)18-40-30(36)16-25-14-26(31(29(34)15-25)42-23(3)19-39-5)17-35(4)32(37)41-20-24-9-7-6-8-10-24/h6-15,22-23,38H,16-20H2,1-5H3/t22-,23-/m0/s1. The number of carbonyl (C=O) groups is 2. The summed E-state index contributed by atoms with van der Waals surface area (Å²) in [5, 5.41) is 8.83. The van der Waals surface area contributed by atoms with Gasteiger partial charge in [-0.2, -0.15) is 0 Å². The summed E-state index contributed by atoms with van der Waals surface area (Å²) < 4.78 is 42.2. The molecule has 0 aliphatic heterocycles. The molecule has 0 spiro atoms. The molecule has 3 aromatic carbocycles. The predicted octanol–water partition coefficient (Wildman–Crippen LogP) is 5.11. The molecule has 0 unspecified atom stereocenters. The molecule has 2 atom stereocenters. The monoisotopic (exact) mass is 594 g/mol. The zero-order valence-corrected chi connectivity index (χ0v) is 25.2. The van der Waals surface area contributed by atoms with Crippen molar-refractivity contribution >= 4 is 19.7 Å². The highest BCUT2D eigenvalue weighted by Crippen LogP contribution is 2.29. The molecule has 0 aromatic heterocycles. The molecule has 11 heteroatoms. The van der Waals surface area contributed by atoms with Crippen LogP contribution in [-0.2, 0) is 38.6 Å². The summed E-state index contributed by atoms with van der Waals surface area (Å²) in [7, 11) is 3.67. The highest BCUT2D eigenvalue weighted by molar-refractivity contribution is 6.17. The van der Waals surface area contributed by atoms with E-state index in [4.69, 9.17) is 28.6 Å². The molecule has 1 amide bonds. The van der Waals surface area contributed by atoms with Crippen LogP contribution >= 0.6 is 0 Å². The first-order valence-corrected chi connectivity index (χ1v) is 13.9. The van der Waals surface area contributed by atoms with Crippen molar-refractivity contribution in [2.45, 2.75) is 52.4 Å². The molecule has 0 saturated carbocycles. The largest absolute Gasteiger partial charge is 0.569 e. The van der Waals surface area contributed by atoms with Crippen LogP contribution in [0.3, 0.4) is 0 Å². The molecular formula is C32H38BFNO8. The van der Waals surface area contributed by atoms with Crippen molar-refractivity contribution in [1.82, 2.24) is 4.90 Å². The number of hydrogen-bond donors (Lipinski definition) is 1. The van der Waals surface area contributed by atoms with E-state index in [1.165, 1.54) is 18.1 Å². The third-order valence-electron chi connectivity index (χ3n) is 6.63. The van der Waals surface area contributed by atoms with E-state index in [0.717, 1.165) is 16.7 Å². The van der Waals surface area contributed by atoms with Crippen LogP contribution < -0.4 is 9.39 Å². The fraction of sp³-hybridized carbons (Fsp3) is 0.375. The lowest BCUT2D eigenvalue weighted by Crippen LogP contribution is -2.28. The first kappa shape index (κ1) is 33.4. The first-order chi connectivity index (χ1) is 20.6. The summed E-state index contributed by atoms with van der Waals surface area (Å²) in [5.41, 5.74) is 3.46. The van der Waals surface area contributed by atoms with Gasteiger partial charge in [0.2, 0.25) is 0 Å². The Hall–Kier alpha value is -4.09. The summed E-state index contributed by atoms with van der Waals surface area (Å²) in [5.74, 6) is -0.843. The maximum absolute atomic E-state index is 15.4. The minimum Gasteiger partial charge on any atom is -0.537 e. The molecule has 3 aromatic rings. The van der Waals surface area contributed by atoms with E-state index >= 15 is 4.39 Å². The molecule has 0 aliphatic carbocycles. The van der Waals surface area contributed by atoms with Gasteiger partial charge in [-0.15, -0.1) is 0 Å². The van der Waals surface area contributed by atoms with Crippen LogP contribution in [-0.4, -0.2) is 63.1 Å². The molecule has 229 valence electrons. The van der Waals surface area contributed by atoms with Gasteiger partial charge in [0, 0.05) is 25.6 Å². The summed E-state index contributed by atoms with van der Waals surface area (Å²) in [6, 6.07) is 17.5. The molecule has 9 nitrogen and oxygen atoms in total. The number of carbonyl (C=O) groups excluding carboxylic acids is 2. The third kappa shape index (κ3) is 10.3. The molecule has 0 saturated heterocycles. The van der Waals surface area contributed by atoms with E-state index in [2.05, 4.69) is 0 Å².